The molecule has 7 atom stereocenters. The second-order valence-corrected chi connectivity index (χ2v) is 8.69. The summed E-state index contributed by atoms with van der Waals surface area (Å²) < 4.78 is 28.0. The molecule has 0 radical (unpaired) electrons. The third-order valence-electron chi connectivity index (χ3n) is 5.96. The summed E-state index contributed by atoms with van der Waals surface area (Å²) in [5.41, 5.74) is 0.752. The molecule has 11 nitrogen and oxygen atoms in total. The van der Waals surface area contributed by atoms with Crippen molar-refractivity contribution in [2.24, 2.45) is 11.8 Å². The Morgan fingerprint density at radius 2 is 1.67 bits per heavy atom. The van der Waals surface area contributed by atoms with Crippen molar-refractivity contribution in [3.63, 3.8) is 0 Å². The van der Waals surface area contributed by atoms with Crippen molar-refractivity contribution < 1.29 is 43.2 Å². The van der Waals surface area contributed by atoms with E-state index in [0.29, 0.717) is 24.1 Å². The van der Waals surface area contributed by atoms with E-state index < -0.39 is 67.2 Å². The number of benzene rings is 1. The molecule has 0 aliphatic carbocycles. The summed E-state index contributed by atoms with van der Waals surface area (Å²) in [6.45, 7) is 2.79. The van der Waals surface area contributed by atoms with Crippen LogP contribution < -0.4 is 5.32 Å². The molecule has 1 aromatic carbocycles. The maximum atomic E-state index is 12.9. The van der Waals surface area contributed by atoms with E-state index in [1.54, 1.807) is 26.0 Å². The summed E-state index contributed by atoms with van der Waals surface area (Å²) in [6, 6.07) is 8.03. The van der Waals surface area contributed by atoms with Gasteiger partial charge in [-0.25, -0.2) is 4.79 Å². The first-order chi connectivity index (χ1) is 17.3. The van der Waals surface area contributed by atoms with Crippen LogP contribution in [0.4, 0.5) is 10.5 Å². The summed E-state index contributed by atoms with van der Waals surface area (Å²) in [5.74, 6) is -2.21. The average Bonchev–Trinajstić information content (AvgIpc) is 2.87. The topological polar surface area (TPSA) is 153 Å². The molecule has 1 amide bonds. The Kier molecular flexibility index (Phi) is 9.41. The lowest BCUT2D eigenvalue weighted by atomic mass is 9.97. The number of methoxy groups -OCH3 is 1. The van der Waals surface area contributed by atoms with E-state index in [4.69, 9.17) is 28.9 Å². The minimum absolute atomic E-state index is 0.346. The number of aliphatic hydroxyl groups is 1. The van der Waals surface area contributed by atoms with Gasteiger partial charge in [0.2, 0.25) is 0 Å². The maximum absolute atomic E-state index is 12.9. The highest BCUT2D eigenvalue weighted by atomic mass is 16.7. The van der Waals surface area contributed by atoms with Crippen LogP contribution in [0.2, 0.25) is 0 Å². The molecule has 0 bridgehead atoms. The lowest BCUT2D eigenvalue weighted by Gasteiger charge is -2.44. The van der Waals surface area contributed by atoms with Crippen LogP contribution in [0.3, 0.4) is 0 Å². The van der Waals surface area contributed by atoms with Crippen molar-refractivity contribution in [2.45, 2.75) is 57.4 Å². The van der Waals surface area contributed by atoms with E-state index >= 15 is 0 Å². The molecule has 0 aromatic heterocycles. The first-order valence-electron chi connectivity index (χ1n) is 11.6. The van der Waals surface area contributed by atoms with Crippen LogP contribution in [0, 0.1) is 23.2 Å². The highest BCUT2D eigenvalue weighted by Gasteiger charge is 2.53. The van der Waals surface area contributed by atoms with Crippen molar-refractivity contribution in [2.75, 3.05) is 19.0 Å². The Bertz CT molecular complexity index is 1000. The number of hydrogen-bond acceptors (Lipinski definition) is 10. The van der Waals surface area contributed by atoms with Gasteiger partial charge in [-0.2, -0.15) is 5.26 Å². The molecule has 0 saturated carbocycles. The quantitative estimate of drug-likeness (QED) is 0.356. The van der Waals surface area contributed by atoms with Crippen molar-refractivity contribution in [3.05, 3.63) is 42.0 Å². The van der Waals surface area contributed by atoms with Gasteiger partial charge >= 0.3 is 18.0 Å². The van der Waals surface area contributed by atoms with Crippen molar-refractivity contribution in [1.82, 2.24) is 0 Å². The Balaban J connectivity index is 1.90. The number of carbonyl (C=O) groups is 3. The zero-order chi connectivity index (χ0) is 26.2. The van der Waals surface area contributed by atoms with Gasteiger partial charge in [-0.05, 0) is 37.1 Å². The molecular formula is C25H30N2O9. The summed E-state index contributed by atoms with van der Waals surface area (Å²) in [6.07, 6.45) is -2.78. The molecule has 2 aliphatic rings. The number of hydrogen-bond donors (Lipinski definition) is 2. The highest BCUT2D eigenvalue weighted by Crippen LogP contribution is 2.31. The van der Waals surface area contributed by atoms with Crippen LogP contribution in [-0.2, 0) is 33.3 Å². The zero-order valence-electron chi connectivity index (χ0n) is 20.3. The van der Waals surface area contributed by atoms with Crippen LogP contribution in [0.25, 0.3) is 0 Å². The van der Waals surface area contributed by atoms with Gasteiger partial charge in [0.1, 0.15) is 6.10 Å². The lowest BCUT2D eigenvalue weighted by molar-refractivity contribution is -0.300. The highest BCUT2D eigenvalue weighted by molar-refractivity contribution is 5.85. The number of allylic oxidation sites excluding steroid dienone is 2. The second kappa shape index (κ2) is 12.5. The van der Waals surface area contributed by atoms with Crippen LogP contribution >= 0.6 is 0 Å². The predicted octanol–water partition coefficient (Wildman–Crippen LogP) is 2.28. The van der Waals surface area contributed by atoms with E-state index in [1.165, 1.54) is 31.4 Å². The maximum Gasteiger partial charge on any atom is 0.412 e. The number of nitriles is 1. The molecule has 0 unspecified atom stereocenters. The van der Waals surface area contributed by atoms with Crippen LogP contribution in [0.1, 0.15) is 32.3 Å². The molecule has 1 aromatic rings. The van der Waals surface area contributed by atoms with Crippen molar-refractivity contribution in [3.8, 4) is 6.07 Å². The third-order valence-corrected chi connectivity index (χ3v) is 5.96. The first-order valence-corrected chi connectivity index (χ1v) is 11.6. The molecule has 3 rings (SSSR count). The molecule has 0 spiro atoms. The summed E-state index contributed by atoms with van der Waals surface area (Å²) in [4.78, 5) is 38.4. The normalized spacial score (nSPS) is 30.9. The van der Waals surface area contributed by atoms with Crippen molar-refractivity contribution >= 4 is 23.7 Å². The van der Waals surface area contributed by atoms with Gasteiger partial charge < -0.3 is 28.8 Å². The first kappa shape index (κ1) is 27.1. The number of rotatable bonds is 4. The molecule has 2 heterocycles. The zero-order valence-corrected chi connectivity index (χ0v) is 20.3. The average molecular weight is 503 g/mol. The number of aliphatic hydroxyl groups excluding tert-OH is 1. The number of fused-ring (bicyclic) bond motifs is 1. The minimum atomic E-state index is -1.33. The fourth-order valence-corrected chi connectivity index (χ4v) is 3.81. The molecule has 11 heteroatoms. The Labute approximate surface area is 208 Å². The van der Waals surface area contributed by atoms with Gasteiger partial charge in [-0.15, -0.1) is 0 Å². The monoisotopic (exact) mass is 502 g/mol. The molecule has 1 fully saturated rings. The summed E-state index contributed by atoms with van der Waals surface area (Å²) in [5, 5.41) is 21.4. The number of esters is 2. The molecule has 36 heavy (non-hydrogen) atoms. The molecule has 2 aliphatic heterocycles. The van der Waals surface area contributed by atoms with Gasteiger partial charge in [0, 0.05) is 12.8 Å². The molecule has 2 N–H and O–H groups in total. The van der Waals surface area contributed by atoms with Gasteiger partial charge in [0.25, 0.3) is 0 Å². The standard InChI is InChI=1S/C25H30N2O9/c1-14-6-4-5-7-15(2)23(30)35-21-20(34-22(14)29)19(18(13-28)33-24(21)32-3)36-25(31)27-17-10-8-16(12-26)9-11-17/h4-5,8-11,14-15,18-21,24,28H,6-7,13H2,1-3H3,(H,27,31)/t14-,15-,18-,19-,20+,21+,24+/m1/s1. The van der Waals surface area contributed by atoms with E-state index in [-0.39, 0.29) is 0 Å². The van der Waals surface area contributed by atoms with E-state index in [9.17, 15) is 19.5 Å². The predicted molar refractivity (Wildman–Crippen MR) is 124 cm³/mol. The third kappa shape index (κ3) is 6.60. The number of ether oxygens (including phenoxy) is 5. The number of anilines is 1. The molecular weight excluding hydrogens is 472 g/mol. The number of amides is 1. The number of nitrogens with one attached hydrogen (secondary N) is 1. The van der Waals surface area contributed by atoms with Gasteiger partial charge in [-0.1, -0.05) is 26.0 Å². The van der Waals surface area contributed by atoms with E-state index in [2.05, 4.69) is 5.32 Å². The van der Waals surface area contributed by atoms with E-state index in [0.717, 1.165) is 0 Å². The van der Waals surface area contributed by atoms with Gasteiger partial charge in [0.05, 0.1) is 30.1 Å². The van der Waals surface area contributed by atoms with Crippen LogP contribution in [0.15, 0.2) is 36.4 Å². The number of carbonyl (C=O) groups excluding carboxylic acids is 3. The van der Waals surface area contributed by atoms with E-state index in [1.807, 2.05) is 6.07 Å². The summed E-state index contributed by atoms with van der Waals surface area (Å²) in [7, 11) is 1.32. The van der Waals surface area contributed by atoms with Crippen LogP contribution in [0.5, 0.6) is 0 Å². The Morgan fingerprint density at radius 1 is 1.08 bits per heavy atom. The van der Waals surface area contributed by atoms with Gasteiger partial charge in [-0.3, -0.25) is 14.9 Å². The van der Waals surface area contributed by atoms with Gasteiger partial charge in [0.15, 0.2) is 24.6 Å². The lowest BCUT2D eigenvalue weighted by Crippen LogP contribution is -2.63. The largest absolute Gasteiger partial charge is 0.454 e. The fraction of sp³-hybridized carbons (Fsp3) is 0.520. The number of nitrogens with zero attached hydrogens (tertiary/aromatic N) is 1. The molecule has 1 saturated heterocycles. The smallest absolute Gasteiger partial charge is 0.412 e. The van der Waals surface area contributed by atoms with Crippen LogP contribution in [-0.4, -0.2) is 67.6 Å². The Morgan fingerprint density at radius 3 is 2.19 bits per heavy atom. The van der Waals surface area contributed by atoms with Crippen molar-refractivity contribution in [1.29, 1.82) is 5.26 Å². The summed E-state index contributed by atoms with van der Waals surface area (Å²) >= 11 is 0. The Hall–Kier alpha value is -3.46. The fourth-order valence-electron chi connectivity index (χ4n) is 3.81. The SMILES string of the molecule is CO[C@H]1O[C@H](CO)[C@@H](OC(=O)Nc2ccc(C#N)cc2)[C@@H]2OC(=O)[C@H](C)CC=CC[C@@H](C)C(=O)O[C@H]12. The second-order valence-electron chi connectivity index (χ2n) is 8.69. The molecule has 194 valence electrons. The minimum Gasteiger partial charge on any atom is -0.454 e.